The van der Waals surface area contributed by atoms with Crippen LogP contribution in [0.5, 0.6) is 0 Å². The average Bonchev–Trinajstić information content (AvgIpc) is 1.87. The van der Waals surface area contributed by atoms with Crippen LogP contribution in [0.2, 0.25) is 0 Å². The Kier molecular flexibility index (Phi) is 5.56. The van der Waals surface area contributed by atoms with E-state index in [9.17, 15) is 0 Å². The van der Waals surface area contributed by atoms with Gasteiger partial charge in [0, 0.05) is 0 Å². The van der Waals surface area contributed by atoms with Crippen LogP contribution in [0.1, 0.15) is 19.3 Å². The highest BCUT2D eigenvalue weighted by molar-refractivity contribution is 5.53. The van der Waals surface area contributed by atoms with Crippen LogP contribution in [-0.2, 0) is 0 Å². The molecule has 0 aromatic heterocycles. The first kappa shape index (κ1) is 10.2. The summed E-state index contributed by atoms with van der Waals surface area (Å²) in [6.07, 6.45) is 2.44. The normalized spacial score (nSPS) is 18.3. The molecule has 1 aliphatic rings. The van der Waals surface area contributed by atoms with Crippen LogP contribution < -0.4 is 0 Å². The van der Waals surface area contributed by atoms with Gasteiger partial charge in [0.1, 0.15) is 0 Å². The van der Waals surface area contributed by atoms with E-state index in [1.165, 1.54) is 32.4 Å². The molecule has 0 aliphatic carbocycles. The molecule has 11 heavy (non-hydrogen) atoms. The summed E-state index contributed by atoms with van der Waals surface area (Å²) in [5.74, 6) is 0. The summed E-state index contributed by atoms with van der Waals surface area (Å²) >= 11 is 0. The summed E-state index contributed by atoms with van der Waals surface area (Å²) in [6, 6.07) is 0. The van der Waals surface area contributed by atoms with Crippen LogP contribution in [0.15, 0.2) is 0 Å². The first-order valence-electron chi connectivity index (χ1n) is 3.73. The SMILES string of the molecule is CN1CCCCC1.O=C(O)O. The Labute approximate surface area is 66.4 Å². The molecule has 66 valence electrons. The molecule has 1 fully saturated rings. The maximum atomic E-state index is 8.56. The Morgan fingerprint density at radius 3 is 1.73 bits per heavy atom. The number of rotatable bonds is 0. The summed E-state index contributed by atoms with van der Waals surface area (Å²) in [5.41, 5.74) is 0. The highest BCUT2D eigenvalue weighted by atomic mass is 16.6. The minimum absolute atomic E-state index is 1.32. The number of hydrogen-bond acceptors (Lipinski definition) is 2. The van der Waals surface area contributed by atoms with Gasteiger partial charge < -0.3 is 15.1 Å². The molecule has 0 saturated carbocycles. The lowest BCUT2D eigenvalue weighted by atomic mass is 10.1. The Hall–Kier alpha value is -0.770. The van der Waals surface area contributed by atoms with Crippen LogP contribution in [-0.4, -0.2) is 41.4 Å². The minimum atomic E-state index is -1.83. The second-order valence-corrected chi connectivity index (χ2v) is 2.65. The molecule has 1 saturated heterocycles. The molecule has 0 aromatic carbocycles. The van der Waals surface area contributed by atoms with Crippen molar-refractivity contribution in [3.63, 3.8) is 0 Å². The van der Waals surface area contributed by atoms with Crippen LogP contribution >= 0.6 is 0 Å². The zero-order valence-corrected chi connectivity index (χ0v) is 6.79. The molecule has 1 aliphatic heterocycles. The molecule has 0 aromatic rings. The predicted molar refractivity (Wildman–Crippen MR) is 42.0 cm³/mol. The van der Waals surface area contributed by atoms with E-state index in [1.54, 1.807) is 0 Å². The molecule has 1 heterocycles. The van der Waals surface area contributed by atoms with Crippen LogP contribution in [0.4, 0.5) is 4.79 Å². The highest BCUT2D eigenvalue weighted by Crippen LogP contribution is 2.04. The van der Waals surface area contributed by atoms with Gasteiger partial charge in [0.2, 0.25) is 0 Å². The van der Waals surface area contributed by atoms with E-state index in [-0.39, 0.29) is 0 Å². The van der Waals surface area contributed by atoms with Gasteiger partial charge in [-0.3, -0.25) is 0 Å². The van der Waals surface area contributed by atoms with Gasteiger partial charge in [-0.25, -0.2) is 4.79 Å². The molecule has 0 spiro atoms. The Balaban J connectivity index is 0.000000218. The van der Waals surface area contributed by atoms with E-state index in [4.69, 9.17) is 15.0 Å². The van der Waals surface area contributed by atoms with Crippen molar-refractivity contribution in [1.82, 2.24) is 4.90 Å². The van der Waals surface area contributed by atoms with E-state index in [0.717, 1.165) is 0 Å². The standard InChI is InChI=1S/C6H13N.CH2O3/c1-7-5-3-2-4-6-7;2-1(3)4/h2-6H2,1H3;(H2,2,3,4). The van der Waals surface area contributed by atoms with Crippen molar-refractivity contribution in [2.45, 2.75) is 19.3 Å². The monoisotopic (exact) mass is 161 g/mol. The zero-order valence-electron chi connectivity index (χ0n) is 6.79. The molecule has 0 atom stereocenters. The number of nitrogens with zero attached hydrogens (tertiary/aromatic N) is 1. The number of carbonyl (C=O) groups is 1. The minimum Gasteiger partial charge on any atom is -0.450 e. The van der Waals surface area contributed by atoms with Gasteiger partial charge in [0.05, 0.1) is 0 Å². The zero-order chi connectivity index (χ0) is 8.69. The third-order valence-electron chi connectivity index (χ3n) is 1.58. The molecule has 4 nitrogen and oxygen atoms in total. The van der Waals surface area contributed by atoms with E-state index in [0.29, 0.717) is 0 Å². The lowest BCUT2D eigenvalue weighted by Gasteiger charge is -2.20. The summed E-state index contributed by atoms with van der Waals surface area (Å²) in [7, 11) is 2.19. The van der Waals surface area contributed by atoms with Crippen LogP contribution in [0, 0.1) is 0 Å². The molecule has 0 bridgehead atoms. The first-order valence-corrected chi connectivity index (χ1v) is 3.73. The fraction of sp³-hybridized carbons (Fsp3) is 0.857. The summed E-state index contributed by atoms with van der Waals surface area (Å²) in [4.78, 5) is 10.9. The number of piperidine rings is 1. The van der Waals surface area contributed by atoms with Gasteiger partial charge in [0.15, 0.2) is 0 Å². The van der Waals surface area contributed by atoms with Gasteiger partial charge in [0.25, 0.3) is 0 Å². The van der Waals surface area contributed by atoms with Crippen molar-refractivity contribution < 1.29 is 15.0 Å². The smallest absolute Gasteiger partial charge is 0.450 e. The van der Waals surface area contributed by atoms with E-state index >= 15 is 0 Å². The van der Waals surface area contributed by atoms with Gasteiger partial charge >= 0.3 is 6.16 Å². The quantitative estimate of drug-likeness (QED) is 0.562. The number of hydrogen-bond donors (Lipinski definition) is 2. The van der Waals surface area contributed by atoms with E-state index in [2.05, 4.69) is 11.9 Å². The molecule has 0 amide bonds. The maximum Gasteiger partial charge on any atom is 0.503 e. The van der Waals surface area contributed by atoms with Crippen molar-refractivity contribution in [3.8, 4) is 0 Å². The Morgan fingerprint density at radius 1 is 1.18 bits per heavy atom. The molecule has 2 N–H and O–H groups in total. The van der Waals surface area contributed by atoms with E-state index in [1.807, 2.05) is 0 Å². The topological polar surface area (TPSA) is 60.8 Å². The molecule has 4 heteroatoms. The van der Waals surface area contributed by atoms with Gasteiger partial charge in [-0.1, -0.05) is 6.42 Å². The average molecular weight is 161 g/mol. The Morgan fingerprint density at radius 2 is 1.55 bits per heavy atom. The van der Waals surface area contributed by atoms with Gasteiger partial charge in [-0.05, 0) is 33.0 Å². The Bertz CT molecular complexity index is 106. The highest BCUT2D eigenvalue weighted by Gasteiger charge is 2.02. The second-order valence-electron chi connectivity index (χ2n) is 2.65. The van der Waals surface area contributed by atoms with Gasteiger partial charge in [-0.2, -0.15) is 0 Å². The van der Waals surface area contributed by atoms with Crippen molar-refractivity contribution in [3.05, 3.63) is 0 Å². The third kappa shape index (κ3) is 9.23. The molecule has 0 radical (unpaired) electrons. The van der Waals surface area contributed by atoms with Crippen LogP contribution in [0.3, 0.4) is 0 Å². The van der Waals surface area contributed by atoms with Crippen molar-refractivity contribution in [2.24, 2.45) is 0 Å². The summed E-state index contributed by atoms with van der Waals surface area (Å²) < 4.78 is 0. The maximum absolute atomic E-state index is 8.56. The lowest BCUT2D eigenvalue weighted by Crippen LogP contribution is -2.24. The second kappa shape index (κ2) is 5.97. The van der Waals surface area contributed by atoms with Crippen molar-refractivity contribution in [2.75, 3.05) is 20.1 Å². The number of carboxylic acid groups (broad SMARTS) is 2. The van der Waals surface area contributed by atoms with Gasteiger partial charge in [-0.15, -0.1) is 0 Å². The molecule has 1 rings (SSSR count). The fourth-order valence-electron chi connectivity index (χ4n) is 1.05. The van der Waals surface area contributed by atoms with Crippen LogP contribution in [0.25, 0.3) is 0 Å². The first-order chi connectivity index (χ1) is 5.13. The predicted octanol–water partition coefficient (Wildman–Crippen LogP) is 1.32. The summed E-state index contributed by atoms with van der Waals surface area (Å²) in [5, 5.41) is 13.9. The fourth-order valence-corrected chi connectivity index (χ4v) is 1.05. The third-order valence-corrected chi connectivity index (χ3v) is 1.58. The van der Waals surface area contributed by atoms with Crippen molar-refractivity contribution >= 4 is 6.16 Å². The molecular formula is C7H15NO3. The largest absolute Gasteiger partial charge is 0.503 e. The molecular weight excluding hydrogens is 146 g/mol. The van der Waals surface area contributed by atoms with E-state index < -0.39 is 6.16 Å². The lowest BCUT2D eigenvalue weighted by molar-refractivity contribution is 0.137. The number of likely N-dealkylation sites (tertiary alicyclic amines) is 1. The van der Waals surface area contributed by atoms with Crippen molar-refractivity contribution in [1.29, 1.82) is 0 Å². The molecule has 0 unspecified atom stereocenters. The summed E-state index contributed by atoms with van der Waals surface area (Å²) in [6.45, 7) is 2.64.